The van der Waals surface area contributed by atoms with Crippen LogP contribution in [0.1, 0.15) is 17.3 Å². The molecule has 0 aliphatic rings. The van der Waals surface area contributed by atoms with Gasteiger partial charge in [-0.15, -0.1) is 0 Å². The molecule has 0 bridgehead atoms. The number of ether oxygens (including phenoxy) is 1. The van der Waals surface area contributed by atoms with Crippen molar-refractivity contribution in [2.45, 2.75) is 6.92 Å². The zero-order chi connectivity index (χ0) is 15.4. The van der Waals surface area contributed by atoms with Crippen molar-refractivity contribution in [3.8, 4) is 5.75 Å². The van der Waals surface area contributed by atoms with E-state index in [1.807, 2.05) is 0 Å². The highest BCUT2D eigenvalue weighted by Gasteiger charge is 2.13. The van der Waals surface area contributed by atoms with Gasteiger partial charge >= 0.3 is 0 Å². The lowest BCUT2D eigenvalue weighted by Gasteiger charge is -2.12. The van der Waals surface area contributed by atoms with E-state index in [2.05, 4.69) is 21.2 Å². The molecule has 2 aromatic carbocycles. The fourth-order valence-corrected chi connectivity index (χ4v) is 2.60. The zero-order valence-electron chi connectivity index (χ0n) is 11.1. The molecule has 2 rings (SSSR count). The topological polar surface area (TPSA) is 38.3 Å². The Labute approximate surface area is 135 Å². The number of halogens is 3. The third-order valence-electron chi connectivity index (χ3n) is 2.67. The maximum Gasteiger partial charge on any atom is 0.256 e. The van der Waals surface area contributed by atoms with Gasteiger partial charge in [-0.25, -0.2) is 4.39 Å². The van der Waals surface area contributed by atoms with Crippen molar-refractivity contribution < 1.29 is 13.9 Å². The summed E-state index contributed by atoms with van der Waals surface area (Å²) >= 11 is 9.13. The van der Waals surface area contributed by atoms with Crippen LogP contribution in [0.4, 0.5) is 10.1 Å². The van der Waals surface area contributed by atoms with Crippen LogP contribution in [0.2, 0.25) is 5.02 Å². The first kappa shape index (κ1) is 15.8. The molecule has 21 heavy (non-hydrogen) atoms. The standard InChI is InChI=1S/C15H12BrClFNO2/c1-2-21-14-8-10(18)4-6-13(14)19-15(20)11-5-3-9(17)7-12(11)16/h3-8H,2H2,1H3,(H,19,20). The van der Waals surface area contributed by atoms with E-state index in [1.165, 1.54) is 18.2 Å². The molecule has 0 fully saturated rings. The Morgan fingerprint density at radius 1 is 1.33 bits per heavy atom. The highest BCUT2D eigenvalue weighted by molar-refractivity contribution is 9.10. The summed E-state index contributed by atoms with van der Waals surface area (Å²) in [4.78, 5) is 12.3. The van der Waals surface area contributed by atoms with Crippen LogP contribution in [-0.4, -0.2) is 12.5 Å². The van der Waals surface area contributed by atoms with Gasteiger partial charge in [0.2, 0.25) is 0 Å². The van der Waals surface area contributed by atoms with Crippen LogP contribution in [-0.2, 0) is 0 Å². The second-order valence-electron chi connectivity index (χ2n) is 4.15. The van der Waals surface area contributed by atoms with Crippen LogP contribution < -0.4 is 10.1 Å². The first-order chi connectivity index (χ1) is 10.0. The van der Waals surface area contributed by atoms with Gasteiger partial charge < -0.3 is 10.1 Å². The molecule has 0 saturated carbocycles. The molecule has 0 aliphatic carbocycles. The second kappa shape index (κ2) is 6.91. The second-order valence-corrected chi connectivity index (χ2v) is 5.44. The molecule has 6 heteroatoms. The minimum atomic E-state index is -0.427. The average molecular weight is 373 g/mol. The van der Waals surface area contributed by atoms with Crippen LogP contribution in [0.15, 0.2) is 40.9 Å². The van der Waals surface area contributed by atoms with Crippen molar-refractivity contribution in [1.82, 2.24) is 0 Å². The number of carbonyl (C=O) groups excluding carboxylic acids is 1. The molecule has 1 amide bonds. The number of carbonyl (C=O) groups is 1. The predicted octanol–water partition coefficient (Wildman–Crippen LogP) is 4.89. The zero-order valence-corrected chi connectivity index (χ0v) is 13.5. The molecule has 0 atom stereocenters. The number of amides is 1. The lowest BCUT2D eigenvalue weighted by atomic mass is 10.2. The van der Waals surface area contributed by atoms with Gasteiger partial charge in [0.25, 0.3) is 5.91 Å². The van der Waals surface area contributed by atoms with E-state index in [-0.39, 0.29) is 11.7 Å². The van der Waals surface area contributed by atoms with Crippen molar-refractivity contribution in [1.29, 1.82) is 0 Å². The Balaban J connectivity index is 2.27. The number of benzene rings is 2. The fourth-order valence-electron chi connectivity index (χ4n) is 1.74. The molecule has 0 aliphatic heterocycles. The smallest absolute Gasteiger partial charge is 0.256 e. The largest absolute Gasteiger partial charge is 0.492 e. The van der Waals surface area contributed by atoms with Gasteiger partial charge in [-0.2, -0.15) is 0 Å². The Morgan fingerprint density at radius 2 is 2.10 bits per heavy atom. The molecular formula is C15H12BrClFNO2. The third kappa shape index (κ3) is 3.95. The normalized spacial score (nSPS) is 10.3. The van der Waals surface area contributed by atoms with Gasteiger partial charge in [0.15, 0.2) is 0 Å². The lowest BCUT2D eigenvalue weighted by molar-refractivity contribution is 0.102. The summed E-state index contributed by atoms with van der Waals surface area (Å²) in [5.41, 5.74) is 0.830. The summed E-state index contributed by atoms with van der Waals surface area (Å²) < 4.78 is 19.1. The lowest BCUT2D eigenvalue weighted by Crippen LogP contribution is -2.13. The number of hydrogen-bond donors (Lipinski definition) is 1. The van der Waals surface area contributed by atoms with Gasteiger partial charge in [0.05, 0.1) is 17.9 Å². The summed E-state index contributed by atoms with van der Waals surface area (Å²) in [5.74, 6) is -0.480. The van der Waals surface area contributed by atoms with E-state index >= 15 is 0 Å². The molecule has 1 N–H and O–H groups in total. The summed E-state index contributed by atoms with van der Waals surface area (Å²) in [7, 11) is 0. The quantitative estimate of drug-likeness (QED) is 0.829. The van der Waals surface area contributed by atoms with Gasteiger partial charge in [0.1, 0.15) is 11.6 Å². The molecule has 0 heterocycles. The monoisotopic (exact) mass is 371 g/mol. The van der Waals surface area contributed by atoms with Crippen molar-refractivity contribution >= 4 is 39.1 Å². The first-order valence-electron chi connectivity index (χ1n) is 6.20. The Kier molecular flexibility index (Phi) is 5.20. The minimum absolute atomic E-state index is 0.288. The summed E-state index contributed by atoms with van der Waals surface area (Å²) in [5, 5.41) is 3.22. The number of rotatable bonds is 4. The molecule has 3 nitrogen and oxygen atoms in total. The molecule has 0 radical (unpaired) electrons. The number of nitrogens with one attached hydrogen (secondary N) is 1. The van der Waals surface area contributed by atoms with E-state index in [9.17, 15) is 9.18 Å². The minimum Gasteiger partial charge on any atom is -0.492 e. The van der Waals surface area contributed by atoms with Crippen molar-refractivity contribution in [3.05, 3.63) is 57.3 Å². The molecule has 0 spiro atoms. The Morgan fingerprint density at radius 3 is 2.76 bits per heavy atom. The first-order valence-corrected chi connectivity index (χ1v) is 7.37. The van der Waals surface area contributed by atoms with Gasteiger partial charge in [-0.3, -0.25) is 4.79 Å². The maximum absolute atomic E-state index is 13.2. The summed E-state index contributed by atoms with van der Waals surface area (Å²) in [6.45, 7) is 2.16. The van der Waals surface area contributed by atoms with E-state index < -0.39 is 5.82 Å². The van der Waals surface area contributed by atoms with Crippen LogP contribution >= 0.6 is 27.5 Å². The van der Waals surface area contributed by atoms with Crippen LogP contribution in [0.25, 0.3) is 0 Å². The van der Waals surface area contributed by atoms with Crippen LogP contribution in [0.5, 0.6) is 5.75 Å². The number of anilines is 1. The average Bonchev–Trinajstić information content (AvgIpc) is 2.42. The molecular weight excluding hydrogens is 361 g/mol. The van der Waals surface area contributed by atoms with E-state index in [1.54, 1.807) is 25.1 Å². The highest BCUT2D eigenvalue weighted by atomic mass is 79.9. The molecule has 0 unspecified atom stereocenters. The molecule has 0 saturated heterocycles. The van der Waals surface area contributed by atoms with Gasteiger partial charge in [-0.1, -0.05) is 11.6 Å². The van der Waals surface area contributed by atoms with Crippen molar-refractivity contribution in [3.63, 3.8) is 0 Å². The van der Waals surface area contributed by atoms with Crippen LogP contribution in [0, 0.1) is 5.82 Å². The Bertz CT molecular complexity index is 679. The maximum atomic E-state index is 13.2. The predicted molar refractivity (Wildman–Crippen MR) is 84.7 cm³/mol. The van der Waals surface area contributed by atoms with E-state index in [0.717, 1.165) is 0 Å². The van der Waals surface area contributed by atoms with Crippen molar-refractivity contribution in [2.24, 2.45) is 0 Å². The van der Waals surface area contributed by atoms with Gasteiger partial charge in [0, 0.05) is 15.6 Å². The third-order valence-corrected chi connectivity index (χ3v) is 3.56. The van der Waals surface area contributed by atoms with Gasteiger partial charge in [-0.05, 0) is 53.2 Å². The highest BCUT2D eigenvalue weighted by Crippen LogP contribution is 2.27. The van der Waals surface area contributed by atoms with Crippen LogP contribution in [0.3, 0.4) is 0 Å². The van der Waals surface area contributed by atoms with E-state index in [0.29, 0.717) is 27.4 Å². The number of hydrogen-bond acceptors (Lipinski definition) is 2. The Hall–Kier alpha value is -1.59. The SMILES string of the molecule is CCOc1cc(F)ccc1NC(=O)c1ccc(Cl)cc1Br. The molecule has 2 aromatic rings. The fraction of sp³-hybridized carbons (Fsp3) is 0.133. The van der Waals surface area contributed by atoms with Crippen molar-refractivity contribution in [2.75, 3.05) is 11.9 Å². The summed E-state index contributed by atoms with van der Waals surface area (Å²) in [6, 6.07) is 8.80. The molecule has 0 aromatic heterocycles. The molecule has 110 valence electrons. The van der Waals surface area contributed by atoms with E-state index in [4.69, 9.17) is 16.3 Å². The summed E-state index contributed by atoms with van der Waals surface area (Å²) in [6.07, 6.45) is 0.